The molecule has 11 heteroatoms. The number of carbonyl (C=O) groups is 2. The van der Waals surface area contributed by atoms with Crippen LogP contribution < -0.4 is 15.0 Å². The Kier molecular flexibility index (Phi) is 8.78. The van der Waals surface area contributed by atoms with Crippen LogP contribution in [0.2, 0.25) is 0 Å². The van der Waals surface area contributed by atoms with Crippen LogP contribution >= 0.6 is 11.3 Å². The number of ether oxygens (including phenoxy) is 2. The molecular formula is C33H34FN3O6S. The van der Waals surface area contributed by atoms with Crippen molar-refractivity contribution in [2.75, 3.05) is 16.8 Å². The molecule has 1 amide bonds. The normalized spacial score (nSPS) is 15.0. The topological polar surface area (TPSA) is 114 Å². The molecule has 0 saturated heterocycles. The molecule has 0 bridgehead atoms. The molecule has 4 aromatic rings. The third kappa shape index (κ3) is 6.33. The number of amides is 1. The van der Waals surface area contributed by atoms with Gasteiger partial charge in [0.1, 0.15) is 35.4 Å². The smallest absolute Gasteiger partial charge is 0.293 e. The number of rotatable bonds is 10. The average Bonchev–Trinajstić information content (AvgIpc) is 3.60. The molecule has 2 N–H and O–H groups in total. The zero-order chi connectivity index (χ0) is 31.6. The quantitative estimate of drug-likeness (QED) is 0.139. The zero-order valence-corrected chi connectivity index (χ0v) is 26.0. The van der Waals surface area contributed by atoms with Crippen LogP contribution in [0.1, 0.15) is 66.5 Å². The largest absolute Gasteiger partial charge is 0.506 e. The Labute approximate surface area is 258 Å². The summed E-state index contributed by atoms with van der Waals surface area (Å²) in [4.78, 5) is 31.2. The first kappa shape index (κ1) is 30.8. The van der Waals surface area contributed by atoms with E-state index in [2.05, 4.69) is 10.3 Å². The van der Waals surface area contributed by atoms with Gasteiger partial charge in [-0.2, -0.15) is 11.3 Å². The molecule has 0 aliphatic carbocycles. The number of hydrogen-bond acceptors (Lipinski definition) is 9. The molecule has 3 heterocycles. The molecule has 0 saturated carbocycles. The van der Waals surface area contributed by atoms with Crippen LogP contribution in [-0.2, 0) is 16.1 Å². The predicted molar refractivity (Wildman–Crippen MR) is 165 cm³/mol. The maximum absolute atomic E-state index is 16.2. The Hall–Kier alpha value is -4.64. The fourth-order valence-electron chi connectivity index (χ4n) is 5.38. The summed E-state index contributed by atoms with van der Waals surface area (Å²) in [6, 6.07) is 10.4. The van der Waals surface area contributed by atoms with Crippen molar-refractivity contribution in [1.82, 2.24) is 4.98 Å². The van der Waals surface area contributed by atoms with Gasteiger partial charge in [0, 0.05) is 29.7 Å². The van der Waals surface area contributed by atoms with Crippen LogP contribution in [0.4, 0.5) is 15.8 Å². The first-order valence-corrected chi connectivity index (χ1v) is 15.0. The minimum Gasteiger partial charge on any atom is -0.506 e. The van der Waals surface area contributed by atoms with E-state index in [0.29, 0.717) is 53.9 Å². The van der Waals surface area contributed by atoms with E-state index in [0.717, 1.165) is 5.56 Å². The Balaban J connectivity index is 1.68. The highest BCUT2D eigenvalue weighted by molar-refractivity contribution is 7.07. The minimum absolute atomic E-state index is 0.0777. The van der Waals surface area contributed by atoms with Gasteiger partial charge in [0.15, 0.2) is 11.6 Å². The molecule has 0 unspecified atom stereocenters. The SMILES string of the molecule is CC1=C(CC(C)(C)COC=O)Nc2c(O)cccc2N(C(=O)c2nc(C)oc2C)[C@H]1c1ccc(OCc2ccsc2)cc1F. The van der Waals surface area contributed by atoms with Crippen molar-refractivity contribution in [3.63, 3.8) is 0 Å². The van der Waals surface area contributed by atoms with E-state index in [1.807, 2.05) is 37.6 Å². The van der Waals surface area contributed by atoms with E-state index in [1.54, 1.807) is 49.4 Å². The lowest BCUT2D eigenvalue weighted by molar-refractivity contribution is -0.131. The molecular weight excluding hydrogens is 585 g/mol. The van der Waals surface area contributed by atoms with Crippen molar-refractivity contribution >= 4 is 35.1 Å². The van der Waals surface area contributed by atoms with E-state index in [4.69, 9.17) is 13.9 Å². The van der Waals surface area contributed by atoms with Crippen molar-refractivity contribution in [3.05, 3.63) is 98.8 Å². The third-order valence-corrected chi connectivity index (χ3v) is 8.21. The second-order valence-corrected chi connectivity index (χ2v) is 12.3. The highest BCUT2D eigenvalue weighted by Gasteiger charge is 2.39. The van der Waals surface area contributed by atoms with Crippen LogP contribution in [0.15, 0.2) is 68.9 Å². The van der Waals surface area contributed by atoms with E-state index in [-0.39, 0.29) is 29.3 Å². The van der Waals surface area contributed by atoms with Crippen molar-refractivity contribution in [1.29, 1.82) is 0 Å². The molecule has 1 aliphatic rings. The lowest BCUT2D eigenvalue weighted by atomic mass is 9.85. The van der Waals surface area contributed by atoms with Gasteiger partial charge in [0.2, 0.25) is 0 Å². The van der Waals surface area contributed by atoms with Crippen molar-refractivity contribution in [3.8, 4) is 11.5 Å². The van der Waals surface area contributed by atoms with Gasteiger partial charge in [0.25, 0.3) is 12.4 Å². The van der Waals surface area contributed by atoms with Crippen LogP contribution in [-0.4, -0.2) is 29.1 Å². The van der Waals surface area contributed by atoms with Gasteiger partial charge in [-0.3, -0.25) is 14.5 Å². The second-order valence-electron chi connectivity index (χ2n) is 11.5. The number of para-hydroxylation sites is 1. The number of aromatic nitrogens is 1. The number of nitrogens with one attached hydrogen (secondary N) is 1. The van der Waals surface area contributed by atoms with Crippen LogP contribution in [0, 0.1) is 25.1 Å². The van der Waals surface area contributed by atoms with Crippen molar-refractivity contribution in [2.45, 2.75) is 53.7 Å². The summed E-state index contributed by atoms with van der Waals surface area (Å²) in [5.74, 6) is -0.226. The van der Waals surface area contributed by atoms with Crippen LogP contribution in [0.25, 0.3) is 0 Å². The maximum Gasteiger partial charge on any atom is 0.293 e. The summed E-state index contributed by atoms with van der Waals surface area (Å²) < 4.78 is 32.7. The summed E-state index contributed by atoms with van der Waals surface area (Å²) in [5, 5.41) is 18.3. The lowest BCUT2D eigenvalue weighted by Crippen LogP contribution is -2.36. The second kappa shape index (κ2) is 12.5. The van der Waals surface area contributed by atoms with Crippen LogP contribution in [0.5, 0.6) is 11.5 Å². The predicted octanol–water partition coefficient (Wildman–Crippen LogP) is 7.45. The number of phenols is 1. The molecule has 0 fully saturated rings. The molecule has 0 spiro atoms. The Morgan fingerprint density at radius 2 is 2.02 bits per heavy atom. The number of aromatic hydroxyl groups is 1. The van der Waals surface area contributed by atoms with Gasteiger partial charge in [-0.05, 0) is 72.5 Å². The minimum atomic E-state index is -0.960. The highest BCUT2D eigenvalue weighted by Crippen LogP contribution is 2.48. The number of nitrogens with zero attached hydrogens (tertiary/aromatic N) is 2. The van der Waals surface area contributed by atoms with Crippen molar-refractivity contribution < 1.29 is 33.0 Å². The molecule has 9 nitrogen and oxygen atoms in total. The molecule has 5 rings (SSSR count). The van der Waals surface area contributed by atoms with Gasteiger partial charge < -0.3 is 24.3 Å². The third-order valence-electron chi connectivity index (χ3n) is 7.47. The number of allylic oxidation sites excluding steroid dienone is 1. The molecule has 1 aliphatic heterocycles. The molecule has 0 radical (unpaired) electrons. The van der Waals surface area contributed by atoms with Crippen LogP contribution in [0.3, 0.4) is 0 Å². The average molecular weight is 620 g/mol. The Morgan fingerprint density at radius 1 is 1.23 bits per heavy atom. The number of thiophene rings is 1. The number of carbonyl (C=O) groups excluding carboxylic acids is 2. The number of benzene rings is 2. The van der Waals surface area contributed by atoms with E-state index < -0.39 is 23.2 Å². The first-order valence-electron chi connectivity index (χ1n) is 14.0. The van der Waals surface area contributed by atoms with Gasteiger partial charge in [-0.1, -0.05) is 19.9 Å². The number of hydrogen-bond donors (Lipinski definition) is 2. The van der Waals surface area contributed by atoms with E-state index >= 15 is 4.39 Å². The van der Waals surface area contributed by atoms with Crippen molar-refractivity contribution in [2.24, 2.45) is 5.41 Å². The highest BCUT2D eigenvalue weighted by atomic mass is 32.1. The first-order chi connectivity index (χ1) is 21.0. The van der Waals surface area contributed by atoms with Gasteiger partial charge >= 0.3 is 0 Å². The summed E-state index contributed by atoms with van der Waals surface area (Å²) in [6.07, 6.45) is 0.352. The van der Waals surface area contributed by atoms with Gasteiger partial charge in [-0.25, -0.2) is 9.37 Å². The lowest BCUT2D eigenvalue weighted by Gasteiger charge is -2.33. The number of fused-ring (bicyclic) bond motifs is 1. The summed E-state index contributed by atoms with van der Waals surface area (Å²) in [6.45, 7) is 9.76. The standard InChI is InChI=1S/C33H34FN3O6S/c1-19-26(14-33(4,5)17-41-18-38)36-30-27(7-6-8-28(30)39)37(32(40)29-20(2)43-21(3)35-29)31(19)24-10-9-23(13-25(24)34)42-15-22-11-12-44-16-22/h6-13,16,18,31,36,39H,14-15,17H2,1-5H3/t31-/m1/s1. The van der Waals surface area contributed by atoms with E-state index in [9.17, 15) is 14.7 Å². The van der Waals surface area contributed by atoms with E-state index in [1.165, 1.54) is 17.0 Å². The molecule has 230 valence electrons. The monoisotopic (exact) mass is 619 g/mol. The zero-order valence-electron chi connectivity index (χ0n) is 25.1. The Bertz CT molecular complexity index is 1710. The molecule has 44 heavy (non-hydrogen) atoms. The fourth-order valence-corrected chi connectivity index (χ4v) is 6.03. The van der Waals surface area contributed by atoms with Gasteiger partial charge in [-0.15, -0.1) is 0 Å². The molecule has 2 aromatic heterocycles. The maximum atomic E-state index is 16.2. The number of oxazole rings is 1. The van der Waals surface area contributed by atoms with Gasteiger partial charge in [0.05, 0.1) is 18.3 Å². The Morgan fingerprint density at radius 3 is 2.68 bits per heavy atom. The summed E-state index contributed by atoms with van der Waals surface area (Å²) >= 11 is 1.55. The number of anilines is 2. The number of phenolic OH excluding ortho intramolecular Hbond substituents is 1. The molecule has 1 atom stereocenters. The summed E-state index contributed by atoms with van der Waals surface area (Å²) in [5.41, 5.74) is 2.59. The number of aryl methyl sites for hydroxylation is 2. The number of halogens is 1. The molecule has 2 aromatic carbocycles. The summed E-state index contributed by atoms with van der Waals surface area (Å²) in [7, 11) is 0. The fraction of sp³-hybridized carbons (Fsp3) is 0.303.